The maximum absolute atomic E-state index is 14.1. The number of pyridine rings is 1. The van der Waals surface area contributed by atoms with Crippen LogP contribution in [0.4, 0.5) is 4.39 Å². The van der Waals surface area contributed by atoms with E-state index in [0.717, 1.165) is 35.9 Å². The molecule has 1 aliphatic carbocycles. The van der Waals surface area contributed by atoms with Crippen LogP contribution in [0.15, 0.2) is 57.1 Å². The zero-order valence-corrected chi connectivity index (χ0v) is 23.3. The van der Waals surface area contributed by atoms with Gasteiger partial charge in [0.25, 0.3) is 11.1 Å². The lowest BCUT2D eigenvalue weighted by molar-refractivity contribution is -0.122. The predicted octanol–water partition coefficient (Wildman–Crippen LogP) is 3.17. The van der Waals surface area contributed by atoms with Crippen molar-refractivity contribution in [3.63, 3.8) is 0 Å². The minimum atomic E-state index is -0.613. The highest BCUT2D eigenvalue weighted by Crippen LogP contribution is 2.30. The van der Waals surface area contributed by atoms with Crippen LogP contribution >= 0.6 is 11.8 Å². The molecule has 0 unspecified atom stereocenters. The number of thioether (sulfide) groups is 1. The number of halogens is 1. The molecule has 0 radical (unpaired) electrons. The lowest BCUT2D eigenvalue weighted by Gasteiger charge is -2.31. The average Bonchev–Trinajstić information content (AvgIpc) is 2.99. The Morgan fingerprint density at radius 3 is 2.44 bits per heavy atom. The molecule has 3 aromatic heterocycles. The van der Waals surface area contributed by atoms with Crippen molar-refractivity contribution in [1.29, 1.82) is 0 Å². The van der Waals surface area contributed by atoms with Crippen molar-refractivity contribution < 1.29 is 9.18 Å². The van der Waals surface area contributed by atoms with Gasteiger partial charge in [-0.3, -0.25) is 23.5 Å². The number of aromatic nitrogens is 5. The van der Waals surface area contributed by atoms with Gasteiger partial charge in [0, 0.05) is 29.9 Å². The zero-order chi connectivity index (χ0) is 28.5. The second-order valence-electron chi connectivity index (χ2n) is 10.8. The van der Waals surface area contributed by atoms with Crippen LogP contribution in [0.25, 0.3) is 21.8 Å². The molecule has 6 rings (SSSR count). The maximum atomic E-state index is 14.1. The third-order valence-corrected chi connectivity index (χ3v) is 9.27. The summed E-state index contributed by atoms with van der Waals surface area (Å²) in [5.41, 5.74) is -0.890. The first kappa shape index (κ1) is 27.4. The molecule has 0 spiro atoms. The number of nitrogens with zero attached hydrogens (tertiary/aromatic N) is 5. The molecule has 0 atom stereocenters. The Balaban J connectivity index is 1.15. The van der Waals surface area contributed by atoms with Crippen LogP contribution in [0, 0.1) is 5.82 Å². The second kappa shape index (κ2) is 11.6. The van der Waals surface area contributed by atoms with E-state index in [1.165, 1.54) is 15.3 Å². The minimum Gasteiger partial charge on any atom is -0.353 e. The Kier molecular flexibility index (Phi) is 7.74. The van der Waals surface area contributed by atoms with Gasteiger partial charge in [0.2, 0.25) is 5.91 Å². The van der Waals surface area contributed by atoms with Crippen molar-refractivity contribution >= 4 is 39.5 Å². The third-order valence-electron chi connectivity index (χ3n) is 8.22. The summed E-state index contributed by atoms with van der Waals surface area (Å²) in [5, 5.41) is 8.65. The first-order chi connectivity index (χ1) is 19.9. The first-order valence-corrected chi connectivity index (χ1v) is 15.2. The van der Waals surface area contributed by atoms with E-state index < -0.39 is 11.4 Å². The van der Waals surface area contributed by atoms with Gasteiger partial charge in [-0.05, 0) is 62.2 Å². The number of carbonyl (C=O) groups excluding carboxylic acids is 1. The largest absolute Gasteiger partial charge is 0.353 e. The van der Waals surface area contributed by atoms with Crippen molar-refractivity contribution in [3.05, 3.63) is 79.7 Å². The first-order valence-electron chi connectivity index (χ1n) is 14.0. The van der Waals surface area contributed by atoms with Crippen molar-refractivity contribution in [2.75, 3.05) is 11.5 Å². The zero-order valence-electron chi connectivity index (χ0n) is 22.5. The van der Waals surface area contributed by atoms with Gasteiger partial charge in [-0.1, -0.05) is 18.2 Å². The summed E-state index contributed by atoms with van der Waals surface area (Å²) in [5.74, 6) is 1.03. The van der Waals surface area contributed by atoms with Crippen molar-refractivity contribution in [2.45, 2.75) is 69.6 Å². The van der Waals surface area contributed by atoms with Crippen LogP contribution in [0.2, 0.25) is 0 Å². The van der Waals surface area contributed by atoms with E-state index in [0.29, 0.717) is 31.1 Å². The van der Waals surface area contributed by atoms with E-state index in [1.54, 1.807) is 22.9 Å². The lowest BCUT2D eigenvalue weighted by Crippen LogP contribution is -2.46. The fraction of sp³-hybridized carbons (Fsp3) is 0.448. The number of amides is 1. The summed E-state index contributed by atoms with van der Waals surface area (Å²) in [4.78, 5) is 56.8. The molecular formula is C29H31FN6O4S. The Morgan fingerprint density at radius 1 is 0.927 bits per heavy atom. The van der Waals surface area contributed by atoms with Crippen LogP contribution in [-0.2, 0) is 11.3 Å². The number of hydrogen-bond acceptors (Lipinski definition) is 7. The summed E-state index contributed by atoms with van der Waals surface area (Å²) in [7, 11) is 0. The molecule has 12 heteroatoms. The topological polar surface area (TPSA) is 121 Å². The molecule has 0 bridgehead atoms. The van der Waals surface area contributed by atoms with Gasteiger partial charge in [-0.15, -0.1) is 0 Å². The van der Waals surface area contributed by atoms with Gasteiger partial charge in [-0.25, -0.2) is 18.9 Å². The van der Waals surface area contributed by atoms with E-state index in [9.17, 15) is 23.6 Å². The van der Waals surface area contributed by atoms with Gasteiger partial charge in [0.1, 0.15) is 11.5 Å². The van der Waals surface area contributed by atoms with Crippen molar-refractivity contribution in [1.82, 2.24) is 29.2 Å². The van der Waals surface area contributed by atoms with Crippen LogP contribution in [0.1, 0.15) is 57.0 Å². The summed E-state index contributed by atoms with van der Waals surface area (Å²) in [6, 6.07) is 7.84. The maximum Gasteiger partial charge on any atom is 0.333 e. The van der Waals surface area contributed by atoms with Crippen LogP contribution in [0.5, 0.6) is 0 Å². The quantitative estimate of drug-likeness (QED) is 0.373. The third kappa shape index (κ3) is 5.44. The van der Waals surface area contributed by atoms with Gasteiger partial charge in [0.15, 0.2) is 0 Å². The average molecular weight is 579 g/mol. The molecule has 1 saturated carbocycles. The van der Waals surface area contributed by atoms with E-state index >= 15 is 0 Å². The molecule has 41 heavy (non-hydrogen) atoms. The van der Waals surface area contributed by atoms with E-state index in [1.807, 2.05) is 23.9 Å². The van der Waals surface area contributed by atoms with Crippen molar-refractivity contribution in [3.8, 4) is 0 Å². The van der Waals surface area contributed by atoms with E-state index in [-0.39, 0.29) is 59.3 Å². The van der Waals surface area contributed by atoms with E-state index in [2.05, 4.69) is 15.4 Å². The highest BCUT2D eigenvalue weighted by Gasteiger charge is 2.29. The number of carbonyl (C=O) groups is 1. The van der Waals surface area contributed by atoms with E-state index in [4.69, 9.17) is 0 Å². The smallest absolute Gasteiger partial charge is 0.333 e. The molecule has 1 amide bonds. The number of fused-ring (bicyclic) bond motifs is 2. The monoisotopic (exact) mass is 578 g/mol. The number of benzene rings is 1. The van der Waals surface area contributed by atoms with Gasteiger partial charge < -0.3 is 5.32 Å². The molecular weight excluding hydrogens is 547 g/mol. The molecule has 1 aliphatic heterocycles. The summed E-state index contributed by atoms with van der Waals surface area (Å²) in [6.45, 7) is 0.168. The second-order valence-corrected chi connectivity index (χ2v) is 12.0. The molecule has 4 aromatic rings. The fourth-order valence-corrected chi connectivity index (χ4v) is 7.15. The van der Waals surface area contributed by atoms with Gasteiger partial charge >= 0.3 is 5.69 Å². The minimum absolute atomic E-state index is 0.0868. The lowest BCUT2D eigenvalue weighted by atomic mass is 9.90. The number of nitrogens with one attached hydrogen (secondary N) is 1. The Morgan fingerprint density at radius 2 is 1.66 bits per heavy atom. The number of aryl methyl sites for hydroxylation is 1. The molecule has 4 heterocycles. The summed E-state index contributed by atoms with van der Waals surface area (Å²) >= 11 is 1.83. The van der Waals surface area contributed by atoms with Crippen LogP contribution in [0.3, 0.4) is 0 Å². The highest BCUT2D eigenvalue weighted by atomic mass is 32.2. The normalized spacial score (nSPS) is 19.9. The summed E-state index contributed by atoms with van der Waals surface area (Å²) in [6.07, 6.45) is 6.61. The Labute approximate surface area is 238 Å². The molecule has 1 aromatic carbocycles. The predicted molar refractivity (Wildman–Crippen MR) is 156 cm³/mol. The van der Waals surface area contributed by atoms with Crippen molar-refractivity contribution in [2.24, 2.45) is 0 Å². The molecule has 1 N–H and O–H groups in total. The molecule has 214 valence electrons. The van der Waals surface area contributed by atoms with Gasteiger partial charge in [-0.2, -0.15) is 16.9 Å². The Hall–Kier alpha value is -3.80. The molecule has 1 saturated heterocycles. The number of rotatable bonds is 6. The highest BCUT2D eigenvalue weighted by molar-refractivity contribution is 7.99. The summed E-state index contributed by atoms with van der Waals surface area (Å²) < 4.78 is 18.3. The Bertz CT molecular complexity index is 1790. The molecule has 2 fully saturated rings. The van der Waals surface area contributed by atoms with Gasteiger partial charge in [0.05, 0.1) is 29.7 Å². The standard InChI is InChI=1S/C29H31FN6O4S/c30-19-15-24-26(31-17-19)35(22-10-13-41-14-11-22)29(40)36(28(24)39)21-7-5-20(6-8-21)33-25(37)9-12-34-27(38)23-4-2-1-3-18(23)16-32-34/h1-4,15-17,20-22H,5-14H2,(H,33,37). The molecule has 10 nitrogen and oxygen atoms in total. The number of hydrogen-bond donors (Lipinski definition) is 1. The fourth-order valence-electron chi connectivity index (χ4n) is 6.07. The van der Waals surface area contributed by atoms with Crippen LogP contribution < -0.4 is 22.1 Å². The van der Waals surface area contributed by atoms with Crippen LogP contribution in [-0.4, -0.2) is 47.4 Å². The SMILES string of the molecule is O=C(CCn1ncc2ccccc2c1=O)NC1CCC(n2c(=O)c3cc(F)cnc3n(C3CCSCC3)c2=O)CC1. The molecule has 2 aliphatic rings.